The molecule has 0 saturated carbocycles. The number of thiocarbonyl (C=S) groups is 1. The van der Waals surface area contributed by atoms with Crippen LogP contribution in [0.15, 0.2) is 53.4 Å². The van der Waals surface area contributed by atoms with E-state index in [9.17, 15) is 19.5 Å². The molecule has 0 aromatic heterocycles. The van der Waals surface area contributed by atoms with E-state index in [-0.39, 0.29) is 16.5 Å². The van der Waals surface area contributed by atoms with Crippen molar-refractivity contribution < 1.29 is 29.0 Å². The van der Waals surface area contributed by atoms with Gasteiger partial charge in [-0.3, -0.25) is 15.0 Å². The lowest BCUT2D eigenvalue weighted by molar-refractivity contribution is -0.145. The number of thioether (sulfide) groups is 1. The Hall–Kier alpha value is -3.37. The number of amides is 2. The highest BCUT2D eigenvalue weighted by Gasteiger charge is 2.33. The number of rotatable bonds is 8. The van der Waals surface area contributed by atoms with Crippen molar-refractivity contribution in [3.05, 3.63) is 64.6 Å². The molecule has 3 rings (SSSR count). The Balaban J connectivity index is 1.78. The minimum atomic E-state index is -1.07. The summed E-state index contributed by atoms with van der Waals surface area (Å²) >= 11 is 6.30. The molecule has 1 heterocycles. The Labute approximate surface area is 194 Å². The molecule has 0 bridgehead atoms. The zero-order valence-corrected chi connectivity index (χ0v) is 18.9. The molecule has 1 saturated heterocycles. The second-order valence-electron chi connectivity index (χ2n) is 6.59. The first-order chi connectivity index (χ1) is 15.3. The van der Waals surface area contributed by atoms with Crippen molar-refractivity contribution in [3.63, 3.8) is 0 Å². The second-order valence-corrected chi connectivity index (χ2v) is 8.26. The molecule has 1 aliphatic rings. The molecule has 0 radical (unpaired) electrons. The van der Waals surface area contributed by atoms with Crippen LogP contribution in [0.4, 0.5) is 0 Å². The van der Waals surface area contributed by atoms with E-state index in [4.69, 9.17) is 21.7 Å². The van der Waals surface area contributed by atoms with Crippen LogP contribution < -0.4 is 14.9 Å². The molecule has 32 heavy (non-hydrogen) atoms. The van der Waals surface area contributed by atoms with Crippen LogP contribution in [0, 0.1) is 0 Å². The third-order valence-corrected chi connectivity index (χ3v) is 5.75. The number of nitrogens with zero attached hydrogens (tertiary/aromatic N) is 1. The van der Waals surface area contributed by atoms with Gasteiger partial charge in [0.1, 0.15) is 0 Å². The number of ether oxygens (including phenoxy) is 2. The van der Waals surface area contributed by atoms with E-state index < -0.39 is 23.9 Å². The zero-order valence-electron chi connectivity index (χ0n) is 17.2. The number of methoxy groups -OCH3 is 1. The minimum absolute atomic E-state index is 0.199. The smallest absolute Gasteiger partial charge is 0.344 e. The van der Waals surface area contributed by atoms with Crippen molar-refractivity contribution >= 4 is 52.2 Å². The number of hydrogen-bond acceptors (Lipinski definition) is 7. The highest BCUT2D eigenvalue weighted by Crippen LogP contribution is 2.34. The van der Waals surface area contributed by atoms with E-state index in [1.807, 2.05) is 0 Å². The number of carboxylic acids is 1. The molecular weight excluding hydrogens is 452 g/mol. The summed E-state index contributed by atoms with van der Waals surface area (Å²) in [6.07, 6.45) is 0.894. The summed E-state index contributed by atoms with van der Waals surface area (Å²) in [5.41, 5.74) is 3.54. The van der Waals surface area contributed by atoms with Crippen LogP contribution in [0.3, 0.4) is 0 Å². The van der Waals surface area contributed by atoms with Crippen molar-refractivity contribution in [1.29, 1.82) is 0 Å². The van der Waals surface area contributed by atoms with Gasteiger partial charge in [0.2, 0.25) is 0 Å². The van der Waals surface area contributed by atoms with Crippen LogP contribution in [0.1, 0.15) is 29.3 Å². The lowest BCUT2D eigenvalue weighted by Gasteiger charge is -2.16. The number of carbonyl (C=O) groups is 3. The molecule has 166 valence electrons. The molecule has 2 aromatic rings. The first-order valence-electron chi connectivity index (χ1n) is 9.55. The van der Waals surface area contributed by atoms with Gasteiger partial charge in [-0.15, -0.1) is 0 Å². The van der Waals surface area contributed by atoms with Gasteiger partial charge in [0.25, 0.3) is 11.8 Å². The largest absolute Gasteiger partial charge is 0.493 e. The Morgan fingerprint density at radius 3 is 2.56 bits per heavy atom. The maximum absolute atomic E-state index is 12.8. The Bertz CT molecular complexity index is 1090. The highest BCUT2D eigenvalue weighted by molar-refractivity contribution is 8.26. The summed E-state index contributed by atoms with van der Waals surface area (Å²) < 4.78 is 11.0. The number of aliphatic carboxylic acids is 1. The molecule has 0 spiro atoms. The summed E-state index contributed by atoms with van der Waals surface area (Å²) in [6, 6.07) is 13.4. The minimum Gasteiger partial charge on any atom is -0.493 e. The molecule has 2 amide bonds. The van der Waals surface area contributed by atoms with Crippen LogP contribution >= 0.6 is 24.0 Å². The van der Waals surface area contributed by atoms with Crippen LogP contribution in [0.2, 0.25) is 0 Å². The molecule has 10 heteroatoms. The lowest BCUT2D eigenvalue weighted by Crippen LogP contribution is -2.44. The van der Waals surface area contributed by atoms with Crippen molar-refractivity contribution in [3.8, 4) is 11.5 Å². The quantitative estimate of drug-likeness (QED) is 0.444. The monoisotopic (exact) mass is 472 g/mol. The maximum Gasteiger partial charge on any atom is 0.344 e. The van der Waals surface area contributed by atoms with Gasteiger partial charge < -0.3 is 14.6 Å². The van der Waals surface area contributed by atoms with E-state index in [1.54, 1.807) is 61.5 Å². The highest BCUT2D eigenvalue weighted by atomic mass is 32.2. The molecule has 1 aliphatic heterocycles. The van der Waals surface area contributed by atoms with Gasteiger partial charge in [-0.2, -0.15) is 5.01 Å². The maximum atomic E-state index is 12.8. The van der Waals surface area contributed by atoms with E-state index in [1.165, 1.54) is 7.11 Å². The van der Waals surface area contributed by atoms with Crippen LogP contribution in [-0.4, -0.2) is 45.4 Å². The van der Waals surface area contributed by atoms with E-state index in [0.717, 1.165) is 16.8 Å². The number of carboxylic acid groups (broad SMARTS) is 1. The topological polar surface area (TPSA) is 105 Å². The number of hydrazine groups is 1. The fraction of sp³-hybridized carbons (Fsp3) is 0.182. The number of hydrogen-bond donors (Lipinski definition) is 2. The second kappa shape index (κ2) is 10.3. The van der Waals surface area contributed by atoms with Crippen LogP contribution in [-0.2, 0) is 9.59 Å². The Kier molecular flexibility index (Phi) is 7.49. The van der Waals surface area contributed by atoms with Crippen molar-refractivity contribution in [1.82, 2.24) is 10.4 Å². The van der Waals surface area contributed by atoms with Gasteiger partial charge in [-0.1, -0.05) is 43.0 Å². The average molecular weight is 473 g/mol. The van der Waals surface area contributed by atoms with E-state index in [2.05, 4.69) is 5.43 Å². The third kappa shape index (κ3) is 5.27. The predicted octanol–water partition coefficient (Wildman–Crippen LogP) is 3.48. The molecule has 2 N–H and O–H groups in total. The molecule has 2 aromatic carbocycles. The van der Waals surface area contributed by atoms with Gasteiger partial charge in [-0.25, -0.2) is 4.79 Å². The summed E-state index contributed by atoms with van der Waals surface area (Å²) in [5, 5.41) is 10.2. The molecule has 1 atom stereocenters. The third-order valence-electron chi connectivity index (χ3n) is 4.44. The summed E-state index contributed by atoms with van der Waals surface area (Å²) in [6.45, 7) is 1.71. The zero-order chi connectivity index (χ0) is 23.3. The lowest BCUT2D eigenvalue weighted by atomic mass is 10.1. The van der Waals surface area contributed by atoms with E-state index >= 15 is 0 Å². The Morgan fingerprint density at radius 1 is 1.22 bits per heavy atom. The van der Waals surface area contributed by atoms with Crippen molar-refractivity contribution in [2.75, 3.05) is 7.11 Å². The molecule has 0 aliphatic carbocycles. The summed E-state index contributed by atoms with van der Waals surface area (Å²) in [5.74, 6) is -1.37. The SMILES string of the molecule is CCC(Oc1ccc(/C=C2/SC(=S)N(NC(=O)c3ccccc3)C2=O)cc1OC)C(=O)O. The standard InChI is InChI=1S/C22H20N2O6S2/c1-3-15(21(27)28)30-16-10-9-13(11-17(16)29-2)12-18-20(26)24(22(31)32-18)23-19(25)14-7-5-4-6-8-14/h4-12,15H,3H2,1-2H3,(H,23,25)(H,27,28)/b18-12+. The van der Waals surface area contributed by atoms with Crippen molar-refractivity contribution in [2.24, 2.45) is 0 Å². The molecule has 8 nitrogen and oxygen atoms in total. The molecular formula is C22H20N2O6S2. The number of benzene rings is 2. The van der Waals surface area contributed by atoms with E-state index in [0.29, 0.717) is 21.8 Å². The van der Waals surface area contributed by atoms with Gasteiger partial charge in [0.05, 0.1) is 12.0 Å². The number of nitrogens with one attached hydrogen (secondary N) is 1. The predicted molar refractivity (Wildman–Crippen MR) is 124 cm³/mol. The Morgan fingerprint density at radius 2 is 1.94 bits per heavy atom. The van der Waals surface area contributed by atoms with Crippen LogP contribution in [0.25, 0.3) is 6.08 Å². The first-order valence-corrected chi connectivity index (χ1v) is 10.8. The van der Waals surface area contributed by atoms with Gasteiger partial charge in [0.15, 0.2) is 21.9 Å². The van der Waals surface area contributed by atoms with Gasteiger partial charge in [0, 0.05) is 5.56 Å². The number of carbonyl (C=O) groups excluding carboxylic acids is 2. The first kappa shape index (κ1) is 23.3. The van der Waals surface area contributed by atoms with Gasteiger partial charge >= 0.3 is 5.97 Å². The summed E-state index contributed by atoms with van der Waals surface area (Å²) in [4.78, 5) is 36.7. The fourth-order valence-corrected chi connectivity index (χ4v) is 3.98. The normalized spacial score (nSPS) is 15.6. The average Bonchev–Trinajstić information content (AvgIpc) is 3.05. The molecule has 1 unspecified atom stereocenters. The van der Waals surface area contributed by atoms with Crippen LogP contribution in [0.5, 0.6) is 11.5 Å². The molecule has 1 fully saturated rings. The van der Waals surface area contributed by atoms with Gasteiger partial charge in [-0.05, 0) is 54.5 Å². The van der Waals surface area contributed by atoms with Crippen molar-refractivity contribution in [2.45, 2.75) is 19.4 Å². The fourth-order valence-electron chi connectivity index (χ4n) is 2.80. The summed E-state index contributed by atoms with van der Waals surface area (Å²) in [7, 11) is 1.44.